The normalized spacial score (nSPS) is 12.3. The summed E-state index contributed by atoms with van der Waals surface area (Å²) in [4.78, 5) is 20.0. The molecule has 6 heteroatoms. The molecule has 0 bridgehead atoms. The largest absolute Gasteiger partial charge is 0.358 e. The summed E-state index contributed by atoms with van der Waals surface area (Å²) in [5.41, 5.74) is 5.98. The second-order valence-corrected chi connectivity index (χ2v) is 6.76. The third kappa shape index (κ3) is 3.21. The van der Waals surface area contributed by atoms with Crippen LogP contribution < -0.4 is 5.32 Å². The first-order chi connectivity index (χ1) is 13.0. The van der Waals surface area contributed by atoms with Gasteiger partial charge < -0.3 is 10.3 Å². The van der Waals surface area contributed by atoms with E-state index in [1.807, 2.05) is 56.3 Å². The number of fused-ring (bicyclic) bond motifs is 1. The molecular formula is C21H21N5O. The number of carbonyl (C=O) groups is 1. The van der Waals surface area contributed by atoms with E-state index in [1.54, 1.807) is 11.0 Å². The molecule has 0 radical (unpaired) electrons. The maximum absolute atomic E-state index is 12.7. The molecule has 0 saturated heterocycles. The molecule has 0 aliphatic heterocycles. The van der Waals surface area contributed by atoms with Crippen LogP contribution in [0.1, 0.15) is 40.1 Å². The Bertz CT molecular complexity index is 1090. The fraction of sp³-hybridized carbons (Fsp3) is 0.190. The smallest absolute Gasteiger partial charge is 0.251 e. The average Bonchev–Trinajstić information content (AvgIpc) is 3.31. The summed E-state index contributed by atoms with van der Waals surface area (Å²) in [6.07, 6.45) is 3.16. The zero-order valence-corrected chi connectivity index (χ0v) is 15.5. The molecule has 0 fully saturated rings. The minimum atomic E-state index is -0.105. The number of aromatic amines is 1. The minimum Gasteiger partial charge on any atom is -0.358 e. The molecule has 2 heterocycles. The van der Waals surface area contributed by atoms with E-state index in [1.165, 1.54) is 11.9 Å². The highest BCUT2D eigenvalue weighted by Gasteiger charge is 2.13. The first kappa shape index (κ1) is 17.0. The van der Waals surface area contributed by atoms with E-state index < -0.39 is 0 Å². The molecule has 0 saturated carbocycles. The van der Waals surface area contributed by atoms with Crippen molar-refractivity contribution in [3.8, 4) is 5.69 Å². The summed E-state index contributed by atoms with van der Waals surface area (Å²) in [7, 11) is 0. The van der Waals surface area contributed by atoms with E-state index in [0.717, 1.165) is 27.8 Å². The van der Waals surface area contributed by atoms with Crippen molar-refractivity contribution in [2.24, 2.45) is 0 Å². The van der Waals surface area contributed by atoms with Gasteiger partial charge in [0.25, 0.3) is 5.91 Å². The predicted octanol–water partition coefficient (Wildman–Crippen LogP) is 3.86. The van der Waals surface area contributed by atoms with Crippen LogP contribution in [0.4, 0.5) is 0 Å². The van der Waals surface area contributed by atoms with Crippen LogP contribution in [0, 0.1) is 13.8 Å². The van der Waals surface area contributed by atoms with Gasteiger partial charge in [-0.2, -0.15) is 5.10 Å². The van der Waals surface area contributed by atoms with Gasteiger partial charge in [-0.15, -0.1) is 0 Å². The summed E-state index contributed by atoms with van der Waals surface area (Å²) in [5, 5.41) is 8.28. The van der Waals surface area contributed by atoms with Crippen molar-refractivity contribution in [3.63, 3.8) is 0 Å². The number of carbonyl (C=O) groups excluding carboxylic acids is 1. The molecule has 2 aromatic heterocycles. The number of H-pyrrole nitrogens is 1. The van der Waals surface area contributed by atoms with Gasteiger partial charge in [0.2, 0.25) is 0 Å². The topological polar surface area (TPSA) is 75.6 Å². The minimum absolute atomic E-state index is 0.0806. The SMILES string of the molecule is Cc1[nH]c2ccc(C(=O)NC(C)c3ccc(-n4cncn4)cc3)cc2c1C. The van der Waals surface area contributed by atoms with Gasteiger partial charge in [0.05, 0.1) is 11.7 Å². The Morgan fingerprint density at radius 3 is 2.63 bits per heavy atom. The quantitative estimate of drug-likeness (QED) is 0.581. The molecule has 2 aromatic carbocycles. The van der Waals surface area contributed by atoms with Crippen LogP contribution >= 0.6 is 0 Å². The molecule has 6 nitrogen and oxygen atoms in total. The van der Waals surface area contributed by atoms with E-state index in [0.29, 0.717) is 5.56 Å². The number of aryl methyl sites for hydroxylation is 2. The fourth-order valence-electron chi connectivity index (χ4n) is 3.22. The van der Waals surface area contributed by atoms with Crippen LogP contribution in [0.25, 0.3) is 16.6 Å². The van der Waals surface area contributed by atoms with Gasteiger partial charge in [-0.05, 0) is 62.2 Å². The van der Waals surface area contributed by atoms with Gasteiger partial charge in [0, 0.05) is 22.2 Å². The third-order valence-electron chi connectivity index (χ3n) is 4.99. The van der Waals surface area contributed by atoms with Gasteiger partial charge in [0.15, 0.2) is 0 Å². The van der Waals surface area contributed by atoms with Crippen molar-refractivity contribution in [2.75, 3.05) is 0 Å². The van der Waals surface area contributed by atoms with E-state index in [9.17, 15) is 4.79 Å². The Morgan fingerprint density at radius 2 is 1.93 bits per heavy atom. The first-order valence-corrected chi connectivity index (χ1v) is 8.87. The zero-order chi connectivity index (χ0) is 19.0. The van der Waals surface area contributed by atoms with Crippen LogP contribution in [0.2, 0.25) is 0 Å². The summed E-state index contributed by atoms with van der Waals surface area (Å²) < 4.78 is 1.70. The third-order valence-corrected chi connectivity index (χ3v) is 4.99. The summed E-state index contributed by atoms with van der Waals surface area (Å²) >= 11 is 0. The highest BCUT2D eigenvalue weighted by molar-refractivity contribution is 5.99. The number of hydrogen-bond donors (Lipinski definition) is 2. The zero-order valence-electron chi connectivity index (χ0n) is 15.5. The molecular weight excluding hydrogens is 338 g/mol. The Hall–Kier alpha value is -3.41. The lowest BCUT2D eigenvalue weighted by molar-refractivity contribution is 0.0940. The molecule has 0 aliphatic carbocycles. The predicted molar refractivity (Wildman–Crippen MR) is 105 cm³/mol. The molecule has 27 heavy (non-hydrogen) atoms. The van der Waals surface area contributed by atoms with Crippen LogP contribution in [0.5, 0.6) is 0 Å². The number of nitrogens with one attached hydrogen (secondary N) is 2. The van der Waals surface area contributed by atoms with Crippen LogP contribution in [0.3, 0.4) is 0 Å². The second kappa shape index (κ2) is 6.72. The molecule has 0 aliphatic rings. The number of rotatable bonds is 4. The lowest BCUT2D eigenvalue weighted by Gasteiger charge is -2.15. The molecule has 1 amide bonds. The monoisotopic (exact) mass is 359 g/mol. The van der Waals surface area contributed by atoms with Gasteiger partial charge in [-0.3, -0.25) is 4.79 Å². The van der Waals surface area contributed by atoms with Crippen molar-refractivity contribution in [1.82, 2.24) is 25.1 Å². The Labute approximate surface area is 157 Å². The van der Waals surface area contributed by atoms with Crippen molar-refractivity contribution in [1.29, 1.82) is 0 Å². The van der Waals surface area contributed by atoms with E-state index in [4.69, 9.17) is 0 Å². The van der Waals surface area contributed by atoms with Gasteiger partial charge >= 0.3 is 0 Å². The van der Waals surface area contributed by atoms with Gasteiger partial charge in [-0.25, -0.2) is 9.67 Å². The molecule has 0 spiro atoms. The maximum Gasteiger partial charge on any atom is 0.251 e. The standard InChI is InChI=1S/C21H21N5O/c1-13-14(2)24-20-9-6-17(10-19(13)20)21(27)25-15(3)16-4-7-18(8-5-16)26-12-22-11-23-26/h4-12,15,24H,1-3H3,(H,25,27). The van der Waals surface area contributed by atoms with E-state index in [2.05, 4.69) is 27.3 Å². The number of hydrogen-bond acceptors (Lipinski definition) is 3. The Balaban J connectivity index is 1.51. The molecule has 1 atom stereocenters. The van der Waals surface area contributed by atoms with Crippen molar-refractivity contribution >= 4 is 16.8 Å². The highest BCUT2D eigenvalue weighted by Crippen LogP contribution is 2.23. The van der Waals surface area contributed by atoms with Crippen molar-refractivity contribution < 1.29 is 4.79 Å². The van der Waals surface area contributed by atoms with Gasteiger partial charge in [0.1, 0.15) is 12.7 Å². The fourth-order valence-corrected chi connectivity index (χ4v) is 3.22. The Kier molecular flexibility index (Phi) is 4.24. The lowest BCUT2D eigenvalue weighted by atomic mass is 10.1. The number of aromatic nitrogens is 4. The van der Waals surface area contributed by atoms with Crippen molar-refractivity contribution in [2.45, 2.75) is 26.8 Å². The van der Waals surface area contributed by atoms with E-state index >= 15 is 0 Å². The van der Waals surface area contributed by atoms with Gasteiger partial charge in [-0.1, -0.05) is 12.1 Å². The molecule has 2 N–H and O–H groups in total. The van der Waals surface area contributed by atoms with Crippen LogP contribution in [-0.2, 0) is 0 Å². The highest BCUT2D eigenvalue weighted by atomic mass is 16.1. The second-order valence-electron chi connectivity index (χ2n) is 6.76. The summed E-state index contributed by atoms with van der Waals surface area (Å²) in [5.74, 6) is -0.0806. The molecule has 1 unspecified atom stereocenters. The van der Waals surface area contributed by atoms with Crippen LogP contribution in [-0.4, -0.2) is 25.7 Å². The van der Waals surface area contributed by atoms with Crippen molar-refractivity contribution in [3.05, 3.63) is 77.5 Å². The lowest BCUT2D eigenvalue weighted by Crippen LogP contribution is -2.26. The number of benzene rings is 2. The average molecular weight is 359 g/mol. The number of amides is 1. The maximum atomic E-state index is 12.7. The Morgan fingerprint density at radius 1 is 1.15 bits per heavy atom. The first-order valence-electron chi connectivity index (χ1n) is 8.87. The molecule has 4 aromatic rings. The summed E-state index contributed by atoms with van der Waals surface area (Å²) in [6, 6.07) is 13.6. The number of nitrogens with zero attached hydrogens (tertiary/aromatic N) is 3. The molecule has 136 valence electrons. The van der Waals surface area contributed by atoms with E-state index in [-0.39, 0.29) is 11.9 Å². The van der Waals surface area contributed by atoms with Crippen LogP contribution in [0.15, 0.2) is 55.1 Å². The summed E-state index contributed by atoms with van der Waals surface area (Å²) in [6.45, 7) is 6.09. The molecule has 4 rings (SSSR count).